The van der Waals surface area contributed by atoms with Gasteiger partial charge in [-0.05, 0) is 32.3 Å². The van der Waals surface area contributed by atoms with Crippen LogP contribution >= 0.6 is 11.8 Å². The van der Waals surface area contributed by atoms with Crippen LogP contribution in [-0.4, -0.2) is 27.0 Å². The monoisotopic (exact) mass is 261 g/mol. The molecule has 3 heteroatoms. The van der Waals surface area contributed by atoms with Crippen LogP contribution in [0.15, 0.2) is 30.3 Å². The summed E-state index contributed by atoms with van der Waals surface area (Å²) >= 11 is 1.97. The molecule has 2 aliphatic rings. The van der Waals surface area contributed by atoms with Gasteiger partial charge in [-0.25, -0.2) is 0 Å². The zero-order chi connectivity index (χ0) is 12.8. The maximum atomic E-state index is 11.7. The topological polar surface area (TPSA) is 20.3 Å². The fourth-order valence-electron chi connectivity index (χ4n) is 3.07. The first-order valence-corrected chi connectivity index (χ1v) is 7.49. The van der Waals surface area contributed by atoms with Gasteiger partial charge in [0.05, 0.1) is 11.8 Å². The van der Waals surface area contributed by atoms with Crippen molar-refractivity contribution >= 4 is 17.7 Å². The number of thioether (sulfide) groups is 1. The summed E-state index contributed by atoms with van der Waals surface area (Å²) in [5.74, 6) is 0.344. The molecule has 0 aliphatic carbocycles. The third-order valence-corrected chi connectivity index (χ3v) is 5.62. The molecule has 96 valence electrons. The smallest absolute Gasteiger partial charge is 0.226 e. The second-order valence-corrected chi connectivity index (χ2v) is 7.55. The molecule has 3 rings (SSSR count). The molecule has 2 saturated heterocycles. The van der Waals surface area contributed by atoms with Gasteiger partial charge in [0, 0.05) is 10.8 Å². The summed E-state index contributed by atoms with van der Waals surface area (Å²) in [6, 6.07) is 11.0. The van der Waals surface area contributed by atoms with Crippen LogP contribution < -0.4 is 0 Å². The minimum absolute atomic E-state index is 0.200. The Labute approximate surface area is 113 Å². The Hall–Kier alpha value is -0.960. The predicted molar refractivity (Wildman–Crippen MR) is 75.5 cm³/mol. The zero-order valence-electron chi connectivity index (χ0n) is 10.9. The number of amides is 1. The lowest BCUT2D eigenvalue weighted by molar-refractivity contribution is -0.144. The standard InChI is InChI=1S/C15H19NOS/c1-15(2)12(16-13(17)10-14(16)18-15)9-8-11-6-4-3-5-7-11/h3-7,12,14H,8-10H2,1-2H3/t12-,14+/m0/s1. The van der Waals surface area contributed by atoms with E-state index in [-0.39, 0.29) is 4.75 Å². The van der Waals surface area contributed by atoms with Crippen molar-refractivity contribution in [3.63, 3.8) is 0 Å². The third kappa shape index (κ3) is 1.95. The first-order valence-electron chi connectivity index (χ1n) is 6.61. The summed E-state index contributed by atoms with van der Waals surface area (Å²) in [5.41, 5.74) is 1.37. The highest BCUT2D eigenvalue weighted by Crippen LogP contribution is 2.51. The highest BCUT2D eigenvalue weighted by atomic mass is 32.2. The van der Waals surface area contributed by atoms with E-state index in [2.05, 4.69) is 43.0 Å². The van der Waals surface area contributed by atoms with E-state index in [4.69, 9.17) is 0 Å². The molecular formula is C15H19NOS. The number of hydrogen-bond acceptors (Lipinski definition) is 2. The fourth-order valence-corrected chi connectivity index (χ4v) is 4.77. The van der Waals surface area contributed by atoms with Crippen molar-refractivity contribution in [2.24, 2.45) is 0 Å². The summed E-state index contributed by atoms with van der Waals surface area (Å²) in [6.07, 6.45) is 2.88. The van der Waals surface area contributed by atoms with Crippen molar-refractivity contribution in [1.82, 2.24) is 4.90 Å². The van der Waals surface area contributed by atoms with Crippen molar-refractivity contribution < 1.29 is 4.79 Å². The van der Waals surface area contributed by atoms with Gasteiger partial charge < -0.3 is 4.90 Å². The Balaban J connectivity index is 1.69. The van der Waals surface area contributed by atoms with Crippen LogP contribution in [0.1, 0.15) is 32.3 Å². The maximum absolute atomic E-state index is 11.7. The van der Waals surface area contributed by atoms with Crippen LogP contribution in [-0.2, 0) is 11.2 Å². The maximum Gasteiger partial charge on any atom is 0.226 e. The van der Waals surface area contributed by atoms with Gasteiger partial charge >= 0.3 is 0 Å². The number of fused-ring (bicyclic) bond motifs is 1. The molecule has 2 nitrogen and oxygen atoms in total. The highest BCUT2D eigenvalue weighted by molar-refractivity contribution is 8.01. The second kappa shape index (κ2) is 4.30. The Morgan fingerprint density at radius 3 is 2.72 bits per heavy atom. The Kier molecular flexibility index (Phi) is 2.89. The lowest BCUT2D eigenvalue weighted by Gasteiger charge is -2.39. The molecule has 2 fully saturated rings. The normalized spacial score (nSPS) is 29.0. The van der Waals surface area contributed by atoms with Gasteiger partial charge in [-0.15, -0.1) is 11.8 Å². The first kappa shape index (κ1) is 12.1. The van der Waals surface area contributed by atoms with E-state index >= 15 is 0 Å². The fraction of sp³-hybridized carbons (Fsp3) is 0.533. The second-order valence-electron chi connectivity index (χ2n) is 5.72. The zero-order valence-corrected chi connectivity index (χ0v) is 11.7. The van der Waals surface area contributed by atoms with Gasteiger partial charge in [0.25, 0.3) is 0 Å². The van der Waals surface area contributed by atoms with Crippen LogP contribution in [0.2, 0.25) is 0 Å². The van der Waals surface area contributed by atoms with E-state index in [1.807, 2.05) is 17.8 Å². The van der Waals surface area contributed by atoms with E-state index in [1.165, 1.54) is 5.56 Å². The van der Waals surface area contributed by atoms with Crippen molar-refractivity contribution in [3.8, 4) is 0 Å². The molecule has 1 amide bonds. The number of hydrogen-bond donors (Lipinski definition) is 0. The molecule has 0 radical (unpaired) electrons. The van der Waals surface area contributed by atoms with Crippen molar-refractivity contribution in [2.45, 2.75) is 49.3 Å². The van der Waals surface area contributed by atoms with Crippen LogP contribution in [0.5, 0.6) is 0 Å². The number of rotatable bonds is 3. The predicted octanol–water partition coefficient (Wildman–Crippen LogP) is 3.07. The number of carbonyl (C=O) groups is 1. The van der Waals surface area contributed by atoms with Gasteiger partial charge in [0.15, 0.2) is 0 Å². The number of aryl methyl sites for hydroxylation is 1. The molecule has 0 bridgehead atoms. The van der Waals surface area contributed by atoms with Crippen molar-refractivity contribution in [1.29, 1.82) is 0 Å². The molecule has 0 saturated carbocycles. The van der Waals surface area contributed by atoms with Gasteiger partial charge in [-0.3, -0.25) is 4.79 Å². The SMILES string of the molecule is CC1(C)S[C@@H]2CC(=O)N2[C@H]1CCc1ccccc1. The minimum atomic E-state index is 0.200. The molecule has 0 spiro atoms. The van der Waals surface area contributed by atoms with Crippen LogP contribution in [0.4, 0.5) is 0 Å². The summed E-state index contributed by atoms with van der Waals surface area (Å²) in [6.45, 7) is 4.55. The summed E-state index contributed by atoms with van der Waals surface area (Å²) in [4.78, 5) is 13.9. The first-order chi connectivity index (χ1) is 8.58. The van der Waals surface area contributed by atoms with Crippen LogP contribution in [0.3, 0.4) is 0 Å². The van der Waals surface area contributed by atoms with Crippen LogP contribution in [0, 0.1) is 0 Å². The lowest BCUT2D eigenvalue weighted by Crippen LogP contribution is -2.53. The van der Waals surface area contributed by atoms with E-state index in [0.29, 0.717) is 17.3 Å². The quantitative estimate of drug-likeness (QED) is 0.779. The van der Waals surface area contributed by atoms with Crippen LogP contribution in [0.25, 0.3) is 0 Å². The van der Waals surface area contributed by atoms with Crippen molar-refractivity contribution in [3.05, 3.63) is 35.9 Å². The molecule has 0 N–H and O–H groups in total. The third-order valence-electron chi connectivity index (χ3n) is 4.07. The van der Waals surface area contributed by atoms with Crippen molar-refractivity contribution in [2.75, 3.05) is 0 Å². The van der Waals surface area contributed by atoms with Gasteiger partial charge in [0.1, 0.15) is 0 Å². The average molecular weight is 261 g/mol. The number of nitrogens with zero attached hydrogens (tertiary/aromatic N) is 1. The molecule has 2 heterocycles. The molecule has 2 aliphatic heterocycles. The van der Waals surface area contributed by atoms with E-state index in [1.54, 1.807) is 0 Å². The Morgan fingerprint density at radius 1 is 1.33 bits per heavy atom. The number of benzene rings is 1. The molecular weight excluding hydrogens is 242 g/mol. The Bertz CT molecular complexity index is 457. The highest BCUT2D eigenvalue weighted by Gasteiger charge is 2.54. The average Bonchev–Trinajstić information content (AvgIpc) is 2.54. The molecule has 1 aromatic rings. The van der Waals surface area contributed by atoms with Gasteiger partial charge in [0.2, 0.25) is 5.91 Å². The molecule has 0 aromatic heterocycles. The molecule has 18 heavy (non-hydrogen) atoms. The van der Waals surface area contributed by atoms with Gasteiger partial charge in [-0.2, -0.15) is 0 Å². The molecule has 2 atom stereocenters. The molecule has 1 aromatic carbocycles. The lowest BCUT2D eigenvalue weighted by atomic mass is 9.92. The number of carbonyl (C=O) groups excluding carboxylic acids is 1. The van der Waals surface area contributed by atoms with E-state index in [9.17, 15) is 4.79 Å². The number of β-lactam (4-membered cyclic amide) rings is 1. The van der Waals surface area contributed by atoms with Gasteiger partial charge in [-0.1, -0.05) is 30.3 Å². The minimum Gasteiger partial charge on any atom is -0.326 e. The Morgan fingerprint density at radius 2 is 2.06 bits per heavy atom. The largest absolute Gasteiger partial charge is 0.326 e. The summed E-state index contributed by atoms with van der Waals surface area (Å²) in [7, 11) is 0. The summed E-state index contributed by atoms with van der Waals surface area (Å²) in [5, 5.41) is 0.452. The van der Waals surface area contributed by atoms with E-state index in [0.717, 1.165) is 19.3 Å². The summed E-state index contributed by atoms with van der Waals surface area (Å²) < 4.78 is 0.200. The molecule has 0 unspecified atom stereocenters. The van der Waals surface area contributed by atoms with E-state index < -0.39 is 0 Å².